The van der Waals surface area contributed by atoms with Gasteiger partial charge in [-0.3, -0.25) is 4.18 Å². The topological polar surface area (TPSA) is 66.4 Å². The molecule has 0 aliphatic carbocycles. The minimum absolute atomic E-state index is 0. The van der Waals surface area contributed by atoms with Crippen molar-refractivity contribution in [3.05, 3.63) is 0 Å². The van der Waals surface area contributed by atoms with Crippen LogP contribution in [0.2, 0.25) is 0 Å². The summed E-state index contributed by atoms with van der Waals surface area (Å²) in [6.45, 7) is 2.24. The Morgan fingerprint density at radius 1 is 0.842 bits per heavy atom. The van der Waals surface area contributed by atoms with E-state index in [-0.39, 0.29) is 67.1 Å². The van der Waals surface area contributed by atoms with Crippen molar-refractivity contribution >= 4 is 10.4 Å². The third-order valence-electron chi connectivity index (χ3n) is 2.73. The number of hydrogen-bond acceptors (Lipinski definition) is 4. The van der Waals surface area contributed by atoms with Crippen molar-refractivity contribution in [3.63, 3.8) is 0 Å². The van der Waals surface area contributed by atoms with E-state index in [9.17, 15) is 13.0 Å². The monoisotopic (exact) mass is 312 g/mol. The van der Waals surface area contributed by atoms with Crippen molar-refractivity contribution in [2.24, 2.45) is 0 Å². The van der Waals surface area contributed by atoms with Gasteiger partial charge < -0.3 is 5.98 Å². The third-order valence-corrected chi connectivity index (χ3v) is 3.18. The summed E-state index contributed by atoms with van der Waals surface area (Å²) in [5.41, 5.74) is 0. The van der Waals surface area contributed by atoms with E-state index < -0.39 is 10.4 Å². The molecule has 0 aromatic rings. The van der Waals surface area contributed by atoms with E-state index in [1.54, 1.807) is 0 Å². The van der Waals surface area contributed by atoms with E-state index in [0.29, 0.717) is 6.42 Å². The van der Waals surface area contributed by atoms with Crippen molar-refractivity contribution in [1.82, 2.24) is 0 Å². The molecule has 0 saturated heterocycles. The standard InChI is InChI=1S/C12H26O4S.2Na.H/c1-2-3-4-5-6-7-8-9-10-11-12-16-17(13,14)15;;;/h2-12H2,1H3,(H,13,14,15);;;/q;2*+1;-1/p-1. The Bertz CT molecular complexity index is 264. The molecule has 106 valence electrons. The maximum atomic E-state index is 10.1. The molecule has 0 aliphatic rings. The van der Waals surface area contributed by atoms with Crippen LogP contribution in [-0.4, -0.2) is 19.6 Å². The van der Waals surface area contributed by atoms with Crippen molar-refractivity contribution in [1.29, 1.82) is 0 Å². The first-order valence-electron chi connectivity index (χ1n) is 6.66. The van der Waals surface area contributed by atoms with E-state index in [4.69, 9.17) is 0 Å². The fourth-order valence-corrected chi connectivity index (χ4v) is 2.07. The Kier molecular flexibility index (Phi) is 24.3. The molecule has 0 aliphatic heterocycles. The summed E-state index contributed by atoms with van der Waals surface area (Å²) in [6.07, 6.45) is 11.7. The minimum Gasteiger partial charge on any atom is -1.00 e. The average Bonchev–Trinajstić information content (AvgIpc) is 2.24. The predicted molar refractivity (Wildman–Crippen MR) is 68.6 cm³/mol. The largest absolute Gasteiger partial charge is 1.00 e. The van der Waals surface area contributed by atoms with Crippen LogP contribution >= 0.6 is 0 Å². The van der Waals surface area contributed by atoms with Crippen LogP contribution in [0.25, 0.3) is 0 Å². The van der Waals surface area contributed by atoms with Gasteiger partial charge in [-0.25, -0.2) is 8.42 Å². The molecule has 7 heteroatoms. The Morgan fingerprint density at radius 3 is 1.58 bits per heavy atom. The minimum atomic E-state index is -4.48. The molecular formula is C12H26Na2O4S. The zero-order valence-electron chi connectivity index (χ0n) is 13.8. The van der Waals surface area contributed by atoms with Gasteiger partial charge in [0.2, 0.25) is 10.4 Å². The van der Waals surface area contributed by atoms with Crippen molar-refractivity contribution in [2.75, 3.05) is 6.61 Å². The van der Waals surface area contributed by atoms with Gasteiger partial charge in [-0.1, -0.05) is 64.7 Å². The predicted octanol–water partition coefficient (Wildman–Crippen LogP) is -2.50. The van der Waals surface area contributed by atoms with E-state index in [0.717, 1.165) is 12.8 Å². The van der Waals surface area contributed by atoms with Gasteiger partial charge in [0.05, 0.1) is 6.61 Å². The Hall–Kier alpha value is 1.87. The summed E-state index contributed by atoms with van der Waals surface area (Å²) in [4.78, 5) is 0. The van der Waals surface area contributed by atoms with Crippen molar-refractivity contribution in [2.45, 2.75) is 71.1 Å². The second-order valence-corrected chi connectivity index (χ2v) is 5.46. The maximum absolute atomic E-state index is 10.1. The summed E-state index contributed by atoms with van der Waals surface area (Å²) in [5.74, 6) is 0. The van der Waals surface area contributed by atoms with E-state index in [1.807, 2.05) is 0 Å². The zero-order valence-corrected chi connectivity index (χ0v) is 17.6. The maximum Gasteiger partial charge on any atom is 1.00 e. The molecule has 0 fully saturated rings. The number of unbranched alkanes of at least 4 members (excludes halogenated alkanes) is 9. The first-order chi connectivity index (χ1) is 8.06. The van der Waals surface area contributed by atoms with Crippen molar-refractivity contribution in [3.8, 4) is 0 Å². The zero-order chi connectivity index (χ0) is 13.0. The van der Waals surface area contributed by atoms with Gasteiger partial charge in [-0.2, -0.15) is 0 Å². The molecule has 0 atom stereocenters. The summed E-state index contributed by atoms with van der Waals surface area (Å²) in [7, 11) is -4.48. The Labute approximate surface area is 164 Å². The Balaban J connectivity index is -0.000000427. The molecule has 0 aromatic carbocycles. The van der Waals surface area contributed by atoms with Crippen LogP contribution < -0.4 is 59.1 Å². The average molecular weight is 312 g/mol. The van der Waals surface area contributed by atoms with Gasteiger partial charge in [-0.05, 0) is 6.42 Å². The van der Waals surface area contributed by atoms with Crippen LogP contribution in [0.5, 0.6) is 0 Å². The summed E-state index contributed by atoms with van der Waals surface area (Å²) in [6, 6.07) is 0. The van der Waals surface area contributed by atoms with Crippen LogP contribution in [0.15, 0.2) is 0 Å². The van der Waals surface area contributed by atoms with E-state index in [1.165, 1.54) is 44.9 Å². The second-order valence-electron chi connectivity index (χ2n) is 4.41. The molecule has 0 saturated carbocycles. The van der Waals surface area contributed by atoms with Gasteiger partial charge >= 0.3 is 59.1 Å². The van der Waals surface area contributed by atoms with Gasteiger partial charge in [0, 0.05) is 0 Å². The SMILES string of the molecule is CCCCCCCCCCCCOS(=O)(=O)[O-].[H-].[Na+].[Na+]. The molecule has 4 nitrogen and oxygen atoms in total. The second kappa shape index (κ2) is 17.9. The molecule has 0 radical (unpaired) electrons. The first-order valence-corrected chi connectivity index (χ1v) is 8.00. The smallest absolute Gasteiger partial charge is 1.00 e. The molecule has 0 heterocycles. The van der Waals surface area contributed by atoms with Gasteiger partial charge in [0.1, 0.15) is 0 Å². The Morgan fingerprint density at radius 2 is 1.21 bits per heavy atom. The van der Waals surface area contributed by atoms with Crippen LogP contribution in [0.3, 0.4) is 0 Å². The molecule has 0 amide bonds. The normalized spacial score (nSPS) is 10.6. The molecule has 0 rings (SSSR count). The molecule has 0 unspecified atom stereocenters. The molecule has 19 heavy (non-hydrogen) atoms. The fraction of sp³-hybridized carbons (Fsp3) is 1.00. The van der Waals surface area contributed by atoms with Crippen molar-refractivity contribution < 1.29 is 77.7 Å². The quantitative estimate of drug-likeness (QED) is 0.173. The van der Waals surface area contributed by atoms with Crippen LogP contribution in [0, 0.1) is 0 Å². The van der Waals surface area contributed by atoms with Crippen LogP contribution in [0.4, 0.5) is 0 Å². The molecule has 0 N–H and O–H groups in total. The summed E-state index contributed by atoms with van der Waals surface area (Å²) in [5, 5.41) is 0. The number of rotatable bonds is 12. The van der Waals surface area contributed by atoms with Crippen LogP contribution in [0.1, 0.15) is 72.6 Å². The number of hydrogen-bond donors (Lipinski definition) is 0. The summed E-state index contributed by atoms with van der Waals surface area (Å²) >= 11 is 0. The van der Waals surface area contributed by atoms with Gasteiger partial charge in [0.25, 0.3) is 0 Å². The molecule has 0 spiro atoms. The van der Waals surface area contributed by atoms with Crippen LogP contribution in [-0.2, 0) is 14.6 Å². The first kappa shape index (κ1) is 25.8. The summed E-state index contributed by atoms with van der Waals surface area (Å²) < 4.78 is 34.5. The van der Waals surface area contributed by atoms with E-state index >= 15 is 0 Å². The molecule has 0 aromatic heterocycles. The molecular weight excluding hydrogens is 286 g/mol. The van der Waals surface area contributed by atoms with Gasteiger partial charge in [0.15, 0.2) is 0 Å². The third kappa shape index (κ3) is 25.2. The molecule has 0 bridgehead atoms. The van der Waals surface area contributed by atoms with E-state index in [2.05, 4.69) is 11.1 Å². The fourth-order valence-electron chi connectivity index (χ4n) is 1.75. The van der Waals surface area contributed by atoms with Gasteiger partial charge in [-0.15, -0.1) is 0 Å².